The van der Waals surface area contributed by atoms with Gasteiger partial charge in [0.1, 0.15) is 10.4 Å². The summed E-state index contributed by atoms with van der Waals surface area (Å²) in [5.41, 5.74) is 1.39. The van der Waals surface area contributed by atoms with E-state index in [0.29, 0.717) is 28.2 Å². The largest absolute Gasteiger partial charge is 0.443 e. The van der Waals surface area contributed by atoms with Gasteiger partial charge in [-0.15, -0.1) is 11.3 Å². The van der Waals surface area contributed by atoms with Crippen molar-refractivity contribution in [3.63, 3.8) is 0 Å². The summed E-state index contributed by atoms with van der Waals surface area (Å²) < 4.78 is 13.8. The average molecular weight is 465 g/mol. The zero-order chi connectivity index (χ0) is 23.8. The van der Waals surface area contributed by atoms with E-state index >= 15 is 0 Å². The third-order valence-corrected chi connectivity index (χ3v) is 6.51. The van der Waals surface area contributed by atoms with Gasteiger partial charge in [-0.05, 0) is 66.9 Å². The van der Waals surface area contributed by atoms with Crippen molar-refractivity contribution in [2.45, 2.75) is 85.1 Å². The molecule has 0 aliphatic heterocycles. The lowest BCUT2D eigenvalue weighted by atomic mass is 10.2. The first kappa shape index (κ1) is 24.2. The van der Waals surface area contributed by atoms with Crippen LogP contribution in [0, 0.1) is 6.92 Å². The first-order valence-corrected chi connectivity index (χ1v) is 11.6. The molecule has 0 radical (unpaired) electrons. The Morgan fingerprint density at radius 2 is 1.97 bits per heavy atom. The van der Waals surface area contributed by atoms with Crippen molar-refractivity contribution in [3.8, 4) is 0 Å². The second-order valence-corrected chi connectivity index (χ2v) is 10.7. The summed E-state index contributed by atoms with van der Waals surface area (Å²) in [5.74, 6) is 0. The molecule has 176 valence electrons. The van der Waals surface area contributed by atoms with Crippen LogP contribution in [0.5, 0.6) is 0 Å². The Hall–Kier alpha value is -2.46. The Morgan fingerprint density at radius 3 is 2.53 bits per heavy atom. The molecule has 3 rings (SSSR count). The number of thiophene rings is 1. The summed E-state index contributed by atoms with van der Waals surface area (Å²) in [6.45, 7) is 13.6. The van der Waals surface area contributed by atoms with Gasteiger partial charge in [0, 0.05) is 0 Å². The van der Waals surface area contributed by atoms with E-state index in [9.17, 15) is 14.4 Å². The predicted molar refractivity (Wildman–Crippen MR) is 126 cm³/mol. The zero-order valence-electron chi connectivity index (χ0n) is 19.8. The molecule has 10 heteroatoms. The molecule has 0 spiro atoms. The number of nitrogens with one attached hydrogen (secondary N) is 1. The van der Waals surface area contributed by atoms with Crippen LogP contribution in [0.3, 0.4) is 0 Å². The molecule has 0 bridgehead atoms. The molecule has 1 aliphatic carbocycles. The quantitative estimate of drug-likeness (QED) is 0.500. The Morgan fingerprint density at radius 1 is 1.31 bits per heavy atom. The molecule has 0 atom stereocenters. The smallest absolute Gasteiger partial charge is 0.428 e. The number of nitrogens with zero attached hydrogens (tertiary/aromatic N) is 3. The Kier molecular flexibility index (Phi) is 6.67. The lowest BCUT2D eigenvalue weighted by Crippen LogP contribution is -2.45. The predicted octanol–water partition coefficient (Wildman–Crippen LogP) is 3.33. The third kappa shape index (κ3) is 5.12. The van der Waals surface area contributed by atoms with Crippen LogP contribution in [0.15, 0.2) is 14.7 Å². The summed E-state index contributed by atoms with van der Waals surface area (Å²) in [7, 11) is 0. The summed E-state index contributed by atoms with van der Waals surface area (Å²) in [5, 5.41) is 4.48. The number of ether oxygens (including phenoxy) is 2. The van der Waals surface area contributed by atoms with E-state index in [1.807, 2.05) is 27.7 Å². The Labute approximate surface area is 191 Å². The summed E-state index contributed by atoms with van der Waals surface area (Å²) in [4.78, 5) is 39.7. The van der Waals surface area contributed by atoms with E-state index in [0.717, 1.165) is 18.4 Å². The molecule has 1 saturated carbocycles. The highest BCUT2D eigenvalue weighted by Crippen LogP contribution is 2.41. The second-order valence-electron chi connectivity index (χ2n) is 9.63. The number of carbonyl (C=O) groups is 1. The van der Waals surface area contributed by atoms with Crippen LogP contribution in [0.2, 0.25) is 0 Å². The van der Waals surface area contributed by atoms with Crippen LogP contribution in [0.4, 0.5) is 4.79 Å². The van der Waals surface area contributed by atoms with E-state index in [1.54, 1.807) is 25.3 Å². The molecule has 0 unspecified atom stereocenters. The number of aromatic nitrogens is 2. The van der Waals surface area contributed by atoms with Gasteiger partial charge in [-0.2, -0.15) is 5.10 Å². The number of amides is 1. The van der Waals surface area contributed by atoms with Gasteiger partial charge in [-0.1, -0.05) is 0 Å². The van der Waals surface area contributed by atoms with Gasteiger partial charge in [0.05, 0.1) is 41.3 Å². The fourth-order valence-corrected chi connectivity index (χ4v) is 4.58. The number of fused-ring (bicyclic) bond motifs is 1. The SMILES string of the molecule is Cc1c(C=NNC(=O)OC(C)(C)C)sc2c1c(=O)n(C1(C)CC1)c(=O)n2CCOC(C)C. The van der Waals surface area contributed by atoms with E-state index in [-0.39, 0.29) is 17.4 Å². The molecule has 1 fully saturated rings. The van der Waals surface area contributed by atoms with Gasteiger partial charge in [-0.25, -0.2) is 15.0 Å². The number of carbonyl (C=O) groups excluding carboxylic acids is 1. The van der Waals surface area contributed by atoms with Crippen molar-refractivity contribution in [1.82, 2.24) is 14.6 Å². The number of hydrogen-bond acceptors (Lipinski definition) is 7. The van der Waals surface area contributed by atoms with E-state index in [1.165, 1.54) is 22.1 Å². The highest BCUT2D eigenvalue weighted by molar-refractivity contribution is 7.20. The van der Waals surface area contributed by atoms with E-state index in [4.69, 9.17) is 9.47 Å². The van der Waals surface area contributed by atoms with Gasteiger partial charge < -0.3 is 9.47 Å². The van der Waals surface area contributed by atoms with Crippen molar-refractivity contribution >= 4 is 33.9 Å². The Balaban J connectivity index is 2.02. The van der Waals surface area contributed by atoms with Crippen molar-refractivity contribution in [2.24, 2.45) is 5.10 Å². The van der Waals surface area contributed by atoms with E-state index in [2.05, 4.69) is 10.5 Å². The maximum atomic E-state index is 13.3. The minimum Gasteiger partial charge on any atom is -0.443 e. The zero-order valence-corrected chi connectivity index (χ0v) is 20.6. The van der Waals surface area contributed by atoms with Crippen LogP contribution in [0.25, 0.3) is 10.2 Å². The fraction of sp³-hybridized carbons (Fsp3) is 0.636. The van der Waals surface area contributed by atoms with Crippen molar-refractivity contribution < 1.29 is 14.3 Å². The first-order chi connectivity index (χ1) is 14.8. The number of hydrazone groups is 1. The molecule has 0 saturated heterocycles. The monoisotopic (exact) mass is 464 g/mol. The molecule has 2 aromatic rings. The topological polar surface area (TPSA) is 104 Å². The van der Waals surface area contributed by atoms with Gasteiger partial charge in [0.2, 0.25) is 0 Å². The molecular weight excluding hydrogens is 432 g/mol. The molecule has 1 N–H and O–H groups in total. The van der Waals surface area contributed by atoms with Gasteiger partial charge in [-0.3, -0.25) is 13.9 Å². The Bertz CT molecular complexity index is 1160. The molecule has 1 aliphatic rings. The van der Waals surface area contributed by atoms with Crippen LogP contribution in [-0.4, -0.2) is 39.8 Å². The average Bonchev–Trinajstić information content (AvgIpc) is 3.29. The summed E-state index contributed by atoms with van der Waals surface area (Å²) >= 11 is 1.29. The van der Waals surface area contributed by atoms with E-state index < -0.39 is 17.2 Å². The summed E-state index contributed by atoms with van der Waals surface area (Å²) in [6, 6.07) is 0. The highest BCUT2D eigenvalue weighted by atomic mass is 32.1. The van der Waals surface area contributed by atoms with Crippen molar-refractivity contribution in [1.29, 1.82) is 0 Å². The lowest BCUT2D eigenvalue weighted by Gasteiger charge is -2.18. The first-order valence-electron chi connectivity index (χ1n) is 10.8. The van der Waals surface area contributed by atoms with Gasteiger partial charge in [0.25, 0.3) is 5.56 Å². The minimum absolute atomic E-state index is 0.0414. The molecule has 2 aromatic heterocycles. The van der Waals surface area contributed by atoms with Crippen LogP contribution >= 0.6 is 11.3 Å². The standard InChI is InChI=1S/C22H32N4O5S/c1-13(2)30-11-10-25-18-16(17(27)26(20(25)29)22(7)8-9-22)14(3)15(32-18)12-23-24-19(28)31-21(4,5)6/h12-13H,8-11H2,1-7H3,(H,24,28). The lowest BCUT2D eigenvalue weighted by molar-refractivity contribution is 0.0529. The molecule has 0 aromatic carbocycles. The maximum Gasteiger partial charge on any atom is 0.428 e. The molecule has 32 heavy (non-hydrogen) atoms. The fourth-order valence-electron chi connectivity index (χ4n) is 3.39. The minimum atomic E-state index is -0.667. The van der Waals surface area contributed by atoms with Crippen molar-refractivity contribution in [2.75, 3.05) is 6.61 Å². The van der Waals surface area contributed by atoms with Crippen molar-refractivity contribution in [3.05, 3.63) is 31.3 Å². The van der Waals surface area contributed by atoms with Gasteiger partial charge >= 0.3 is 11.8 Å². The molecule has 1 amide bonds. The molecular formula is C22H32N4O5S. The third-order valence-electron chi connectivity index (χ3n) is 5.27. The highest BCUT2D eigenvalue weighted by Gasteiger charge is 2.43. The number of aryl methyl sites for hydroxylation is 1. The van der Waals surface area contributed by atoms with Crippen LogP contribution < -0.4 is 16.7 Å². The van der Waals surface area contributed by atoms with Crippen LogP contribution in [-0.2, 0) is 21.6 Å². The summed E-state index contributed by atoms with van der Waals surface area (Å²) in [6.07, 6.45) is 2.45. The number of hydrogen-bond donors (Lipinski definition) is 1. The van der Waals surface area contributed by atoms with Crippen LogP contribution in [0.1, 0.15) is 64.8 Å². The molecule has 9 nitrogen and oxygen atoms in total. The normalized spacial score (nSPS) is 15.6. The second kappa shape index (κ2) is 8.82. The maximum absolute atomic E-state index is 13.3. The number of rotatable bonds is 7. The van der Waals surface area contributed by atoms with Gasteiger partial charge in [0.15, 0.2) is 0 Å². The molecule has 2 heterocycles.